The van der Waals surface area contributed by atoms with Gasteiger partial charge in [-0.1, -0.05) is 12.1 Å². The number of nitrogens with one attached hydrogen (secondary N) is 1. The minimum atomic E-state index is -0.264. The van der Waals surface area contributed by atoms with Gasteiger partial charge in [-0.15, -0.1) is 0 Å². The van der Waals surface area contributed by atoms with Gasteiger partial charge in [0.15, 0.2) is 0 Å². The number of para-hydroxylation sites is 1. The lowest BCUT2D eigenvalue weighted by Gasteiger charge is -2.28. The number of esters is 1. The van der Waals surface area contributed by atoms with Gasteiger partial charge in [-0.25, -0.2) is 4.98 Å². The smallest absolute Gasteiger partial charge is 0.303 e. The highest BCUT2D eigenvalue weighted by Crippen LogP contribution is 2.31. The molecule has 7 heteroatoms. The van der Waals surface area contributed by atoms with Crippen molar-refractivity contribution in [1.29, 1.82) is 0 Å². The Kier molecular flexibility index (Phi) is 4.88. The van der Waals surface area contributed by atoms with E-state index in [0.717, 1.165) is 56.3 Å². The van der Waals surface area contributed by atoms with Crippen molar-refractivity contribution >= 4 is 22.8 Å². The van der Waals surface area contributed by atoms with Crippen LogP contribution >= 0.6 is 0 Å². The third kappa shape index (κ3) is 3.58. The number of nitrogens with zero attached hydrogens (tertiary/aromatic N) is 3. The van der Waals surface area contributed by atoms with Crippen LogP contribution in [0.15, 0.2) is 24.3 Å². The molecule has 4 rings (SSSR count). The highest BCUT2D eigenvalue weighted by atomic mass is 16.6. The van der Waals surface area contributed by atoms with E-state index in [2.05, 4.69) is 10.2 Å². The number of carbonyl (C=O) groups excluding carboxylic acids is 1. The van der Waals surface area contributed by atoms with Gasteiger partial charge in [0.1, 0.15) is 12.2 Å². The van der Waals surface area contributed by atoms with Crippen molar-refractivity contribution in [2.24, 2.45) is 0 Å². The molecule has 0 spiro atoms. The number of benzene rings is 1. The van der Waals surface area contributed by atoms with Crippen LogP contribution in [0.25, 0.3) is 10.9 Å². The van der Waals surface area contributed by atoms with Gasteiger partial charge >= 0.3 is 5.97 Å². The summed E-state index contributed by atoms with van der Waals surface area (Å²) in [6, 6.07) is 7.88. The Hall–Kier alpha value is -2.41. The monoisotopic (exact) mass is 356 g/mol. The summed E-state index contributed by atoms with van der Waals surface area (Å²) in [6.07, 6.45) is 2.31. The molecule has 1 aromatic carbocycles. The molecule has 1 aliphatic heterocycles. The van der Waals surface area contributed by atoms with E-state index < -0.39 is 0 Å². The first-order chi connectivity index (χ1) is 12.7. The fraction of sp³-hybridized carbons (Fsp3) is 0.526. The molecule has 1 saturated carbocycles. The fourth-order valence-electron chi connectivity index (χ4n) is 3.65. The lowest BCUT2D eigenvalue weighted by atomic mass is 10.2. The van der Waals surface area contributed by atoms with Gasteiger partial charge in [0.05, 0.1) is 10.9 Å². The largest absolute Gasteiger partial charge is 0.470 e. The van der Waals surface area contributed by atoms with E-state index in [4.69, 9.17) is 19.4 Å². The molecular weight excluding hydrogens is 332 g/mol. The van der Waals surface area contributed by atoms with Gasteiger partial charge in [-0.3, -0.25) is 4.79 Å². The molecule has 2 heterocycles. The van der Waals surface area contributed by atoms with Crippen molar-refractivity contribution in [2.45, 2.75) is 38.4 Å². The molecule has 26 heavy (non-hydrogen) atoms. The number of fused-ring (bicyclic) bond motifs is 1. The minimum Gasteiger partial charge on any atom is -0.470 e. The zero-order chi connectivity index (χ0) is 17.9. The zero-order valence-electron chi connectivity index (χ0n) is 15.0. The second-order valence-electron chi connectivity index (χ2n) is 6.82. The minimum absolute atomic E-state index is 0.159. The second kappa shape index (κ2) is 7.45. The first-order valence-corrected chi connectivity index (χ1v) is 9.27. The van der Waals surface area contributed by atoms with Crippen LogP contribution in [0, 0.1) is 0 Å². The highest BCUT2D eigenvalue weighted by molar-refractivity contribution is 5.84. The van der Waals surface area contributed by atoms with Crippen LogP contribution in [0.4, 0.5) is 5.95 Å². The maximum Gasteiger partial charge on any atom is 0.303 e. The maximum atomic E-state index is 11.4. The predicted octanol–water partition coefficient (Wildman–Crippen LogP) is 1.90. The van der Waals surface area contributed by atoms with E-state index in [0.29, 0.717) is 11.8 Å². The van der Waals surface area contributed by atoms with E-state index in [1.165, 1.54) is 6.92 Å². The van der Waals surface area contributed by atoms with Gasteiger partial charge in [0, 0.05) is 33.1 Å². The molecule has 1 aliphatic carbocycles. The molecule has 0 radical (unpaired) electrons. The topological polar surface area (TPSA) is 76.6 Å². The van der Waals surface area contributed by atoms with Crippen LogP contribution in [0.3, 0.4) is 0 Å². The summed E-state index contributed by atoms with van der Waals surface area (Å²) in [4.78, 5) is 23.0. The molecule has 138 valence electrons. The van der Waals surface area contributed by atoms with Gasteiger partial charge < -0.3 is 19.7 Å². The lowest BCUT2D eigenvalue weighted by Crippen LogP contribution is -2.44. The number of anilines is 1. The molecule has 7 nitrogen and oxygen atoms in total. The number of rotatable bonds is 4. The second-order valence-corrected chi connectivity index (χ2v) is 6.82. The van der Waals surface area contributed by atoms with Crippen LogP contribution < -0.4 is 15.0 Å². The van der Waals surface area contributed by atoms with Crippen LogP contribution in [-0.2, 0) is 9.53 Å². The van der Waals surface area contributed by atoms with Gasteiger partial charge in [0.2, 0.25) is 11.8 Å². The van der Waals surface area contributed by atoms with Crippen molar-refractivity contribution in [3.8, 4) is 5.88 Å². The predicted molar refractivity (Wildman–Crippen MR) is 98.4 cm³/mol. The van der Waals surface area contributed by atoms with Gasteiger partial charge in [0.25, 0.3) is 0 Å². The molecule has 1 aromatic heterocycles. The van der Waals surface area contributed by atoms with Crippen molar-refractivity contribution in [3.63, 3.8) is 0 Å². The zero-order valence-corrected chi connectivity index (χ0v) is 15.0. The first kappa shape index (κ1) is 17.0. The molecule has 1 saturated heterocycles. The first-order valence-electron chi connectivity index (χ1n) is 9.27. The van der Waals surface area contributed by atoms with Gasteiger partial charge in [-0.2, -0.15) is 4.98 Å². The number of carbonyl (C=O) groups is 1. The number of aromatic nitrogens is 2. The van der Waals surface area contributed by atoms with E-state index in [9.17, 15) is 4.79 Å². The summed E-state index contributed by atoms with van der Waals surface area (Å²) < 4.78 is 11.7. The van der Waals surface area contributed by atoms with Crippen molar-refractivity contribution in [3.05, 3.63) is 24.3 Å². The van der Waals surface area contributed by atoms with E-state index in [1.54, 1.807) is 0 Å². The summed E-state index contributed by atoms with van der Waals surface area (Å²) in [5, 5.41) is 4.23. The van der Waals surface area contributed by atoms with Crippen LogP contribution in [0.2, 0.25) is 0 Å². The summed E-state index contributed by atoms with van der Waals surface area (Å²) in [6.45, 7) is 5.03. The molecule has 2 atom stereocenters. The normalized spacial score (nSPS) is 23.2. The number of piperazine rings is 1. The van der Waals surface area contributed by atoms with Crippen LogP contribution in [0.1, 0.15) is 26.2 Å². The summed E-state index contributed by atoms with van der Waals surface area (Å²) >= 11 is 0. The Bertz CT molecular complexity index is 791. The van der Waals surface area contributed by atoms with Crippen molar-refractivity contribution < 1.29 is 14.3 Å². The fourth-order valence-corrected chi connectivity index (χ4v) is 3.65. The molecule has 2 fully saturated rings. The average Bonchev–Trinajstić information content (AvgIpc) is 3.08. The standard InChI is InChI=1S/C19H24N4O3/c1-13(24)25-16-7-4-8-17(16)26-18-14-5-2-3-6-15(14)21-19(22-18)23-11-9-20-10-12-23/h2-3,5-6,16-17,20H,4,7-12H2,1H3/t16-,17-/m1/s1. The van der Waals surface area contributed by atoms with E-state index >= 15 is 0 Å². The van der Waals surface area contributed by atoms with Crippen molar-refractivity contribution in [2.75, 3.05) is 31.1 Å². The number of ether oxygens (including phenoxy) is 2. The molecule has 0 amide bonds. The molecule has 1 N–H and O–H groups in total. The summed E-state index contributed by atoms with van der Waals surface area (Å²) in [5.74, 6) is 1.01. The molecule has 2 aromatic rings. The van der Waals surface area contributed by atoms with Gasteiger partial charge in [-0.05, 0) is 31.4 Å². The third-order valence-electron chi connectivity index (χ3n) is 4.93. The Morgan fingerprint density at radius 2 is 1.92 bits per heavy atom. The van der Waals surface area contributed by atoms with Crippen LogP contribution in [0.5, 0.6) is 5.88 Å². The quantitative estimate of drug-likeness (QED) is 0.839. The lowest BCUT2D eigenvalue weighted by molar-refractivity contribution is -0.149. The maximum absolute atomic E-state index is 11.4. The molecule has 2 aliphatic rings. The highest BCUT2D eigenvalue weighted by Gasteiger charge is 2.32. The number of hydrogen-bond donors (Lipinski definition) is 1. The number of hydrogen-bond acceptors (Lipinski definition) is 7. The summed E-state index contributed by atoms with van der Waals surface area (Å²) in [7, 11) is 0. The van der Waals surface area contributed by atoms with E-state index in [1.807, 2.05) is 24.3 Å². The Morgan fingerprint density at radius 3 is 2.73 bits per heavy atom. The summed E-state index contributed by atoms with van der Waals surface area (Å²) in [5.41, 5.74) is 0.869. The molecule has 0 bridgehead atoms. The molecular formula is C19H24N4O3. The Balaban J connectivity index is 1.65. The molecule has 0 unspecified atom stereocenters. The Morgan fingerprint density at radius 1 is 1.15 bits per heavy atom. The van der Waals surface area contributed by atoms with E-state index in [-0.39, 0.29) is 18.2 Å². The third-order valence-corrected chi connectivity index (χ3v) is 4.93. The Labute approximate surface area is 152 Å². The van der Waals surface area contributed by atoms with Crippen LogP contribution in [-0.4, -0.2) is 54.3 Å². The van der Waals surface area contributed by atoms with Crippen molar-refractivity contribution in [1.82, 2.24) is 15.3 Å². The average molecular weight is 356 g/mol. The SMILES string of the molecule is CC(=O)O[C@@H]1CCC[C@H]1Oc1nc(N2CCNCC2)nc2ccccc12.